The lowest BCUT2D eigenvalue weighted by atomic mass is 10.1. The van der Waals surface area contributed by atoms with Gasteiger partial charge in [0.15, 0.2) is 17.3 Å². The molecule has 2 aromatic carbocycles. The maximum atomic E-state index is 12.2. The van der Waals surface area contributed by atoms with E-state index >= 15 is 0 Å². The van der Waals surface area contributed by atoms with Gasteiger partial charge in [-0.05, 0) is 24.6 Å². The molecule has 0 bridgehead atoms. The summed E-state index contributed by atoms with van der Waals surface area (Å²) < 4.78 is 15.8. The highest BCUT2D eigenvalue weighted by Crippen LogP contribution is 2.27. The lowest BCUT2D eigenvalue weighted by Crippen LogP contribution is -2.24. The highest BCUT2D eigenvalue weighted by Gasteiger charge is 2.10. The normalized spacial score (nSPS) is 10.5. The number of rotatable bonds is 7. The predicted molar refractivity (Wildman–Crippen MR) is 102 cm³/mol. The highest BCUT2D eigenvalue weighted by atomic mass is 16.5. The van der Waals surface area contributed by atoms with Crippen LogP contribution in [0.5, 0.6) is 11.5 Å². The molecule has 0 saturated carbocycles. The third-order valence-electron chi connectivity index (χ3n) is 4.17. The number of methoxy groups -OCH3 is 2. The van der Waals surface area contributed by atoms with Gasteiger partial charge < -0.3 is 19.3 Å². The molecular weight excluding hydrogens is 344 g/mol. The van der Waals surface area contributed by atoms with Crippen molar-refractivity contribution in [1.82, 2.24) is 10.5 Å². The molecule has 3 rings (SSSR count). The number of hydrogen-bond acceptors (Lipinski definition) is 5. The molecule has 0 fully saturated rings. The maximum Gasteiger partial charge on any atom is 0.224 e. The van der Waals surface area contributed by atoms with E-state index in [0.29, 0.717) is 29.5 Å². The lowest BCUT2D eigenvalue weighted by Gasteiger charge is -2.09. The Morgan fingerprint density at radius 1 is 1.04 bits per heavy atom. The fraction of sp³-hybridized carbons (Fsp3) is 0.238. The van der Waals surface area contributed by atoms with E-state index in [1.807, 2.05) is 43.3 Å². The summed E-state index contributed by atoms with van der Waals surface area (Å²) in [7, 11) is 3.14. The van der Waals surface area contributed by atoms with E-state index in [1.165, 1.54) is 5.56 Å². The lowest BCUT2D eigenvalue weighted by molar-refractivity contribution is -0.120. The standard InChI is InChI=1S/C21H22N2O4/c1-14-4-7-16(8-5-14)19-12-17(23-27-19)13-22-21(24)11-15-6-9-18(25-2)20(10-15)26-3/h4-10,12H,11,13H2,1-3H3,(H,22,24). The Morgan fingerprint density at radius 2 is 1.78 bits per heavy atom. The van der Waals surface area contributed by atoms with Crippen molar-refractivity contribution in [3.05, 3.63) is 65.4 Å². The van der Waals surface area contributed by atoms with E-state index in [0.717, 1.165) is 11.1 Å². The summed E-state index contributed by atoms with van der Waals surface area (Å²) in [6.45, 7) is 2.34. The summed E-state index contributed by atoms with van der Waals surface area (Å²) in [5.74, 6) is 1.80. The molecule has 1 heterocycles. The maximum absolute atomic E-state index is 12.2. The highest BCUT2D eigenvalue weighted by molar-refractivity contribution is 5.78. The Balaban J connectivity index is 1.57. The molecule has 0 atom stereocenters. The van der Waals surface area contributed by atoms with E-state index < -0.39 is 0 Å². The number of hydrogen-bond donors (Lipinski definition) is 1. The van der Waals surface area contributed by atoms with Crippen LogP contribution in [0.4, 0.5) is 0 Å². The zero-order valence-electron chi connectivity index (χ0n) is 15.6. The molecule has 0 saturated heterocycles. The number of carbonyl (C=O) groups is 1. The number of ether oxygens (including phenoxy) is 2. The molecule has 140 valence electrons. The van der Waals surface area contributed by atoms with Crippen molar-refractivity contribution >= 4 is 5.91 Å². The van der Waals surface area contributed by atoms with Crippen molar-refractivity contribution in [3.63, 3.8) is 0 Å². The molecule has 0 aliphatic heterocycles. The molecule has 1 amide bonds. The Morgan fingerprint density at radius 3 is 2.48 bits per heavy atom. The van der Waals surface area contributed by atoms with Crippen LogP contribution >= 0.6 is 0 Å². The molecule has 1 aromatic heterocycles. The smallest absolute Gasteiger partial charge is 0.224 e. The molecular formula is C21H22N2O4. The van der Waals surface area contributed by atoms with Crippen LogP contribution in [0.25, 0.3) is 11.3 Å². The molecule has 0 spiro atoms. The first-order chi connectivity index (χ1) is 13.1. The van der Waals surface area contributed by atoms with Gasteiger partial charge in [0, 0.05) is 11.6 Å². The van der Waals surface area contributed by atoms with Gasteiger partial charge in [0.1, 0.15) is 5.69 Å². The number of benzene rings is 2. The van der Waals surface area contributed by atoms with Crippen molar-refractivity contribution < 1.29 is 18.8 Å². The zero-order chi connectivity index (χ0) is 19.2. The van der Waals surface area contributed by atoms with Gasteiger partial charge >= 0.3 is 0 Å². The fourth-order valence-corrected chi connectivity index (χ4v) is 2.68. The van der Waals surface area contributed by atoms with E-state index in [1.54, 1.807) is 26.4 Å². The molecule has 1 N–H and O–H groups in total. The largest absolute Gasteiger partial charge is 0.493 e. The number of amides is 1. The number of aryl methyl sites for hydroxylation is 1. The van der Waals surface area contributed by atoms with Crippen molar-refractivity contribution in [2.45, 2.75) is 19.9 Å². The van der Waals surface area contributed by atoms with Gasteiger partial charge in [-0.3, -0.25) is 4.79 Å². The first-order valence-electron chi connectivity index (χ1n) is 8.59. The van der Waals surface area contributed by atoms with Crippen LogP contribution in [0.2, 0.25) is 0 Å². The van der Waals surface area contributed by atoms with Gasteiger partial charge in [-0.2, -0.15) is 0 Å². The summed E-state index contributed by atoms with van der Waals surface area (Å²) in [6.07, 6.45) is 0.239. The molecule has 0 aliphatic rings. The molecule has 0 unspecified atom stereocenters. The minimum atomic E-state index is -0.109. The van der Waals surface area contributed by atoms with Gasteiger partial charge in [0.25, 0.3) is 0 Å². The minimum Gasteiger partial charge on any atom is -0.493 e. The monoisotopic (exact) mass is 366 g/mol. The summed E-state index contributed by atoms with van der Waals surface area (Å²) in [5, 5.41) is 6.87. The van der Waals surface area contributed by atoms with Gasteiger partial charge in [-0.15, -0.1) is 0 Å². The number of nitrogens with zero attached hydrogens (tertiary/aromatic N) is 1. The number of nitrogens with one attached hydrogen (secondary N) is 1. The summed E-state index contributed by atoms with van der Waals surface area (Å²) in [6, 6.07) is 15.3. The predicted octanol–water partition coefficient (Wildman–Crippen LogP) is 3.53. The van der Waals surface area contributed by atoms with Crippen LogP contribution in [0.15, 0.2) is 53.1 Å². The second-order valence-corrected chi connectivity index (χ2v) is 6.19. The molecule has 3 aromatic rings. The second-order valence-electron chi connectivity index (χ2n) is 6.19. The first kappa shape index (κ1) is 18.5. The van der Waals surface area contributed by atoms with E-state index in [9.17, 15) is 4.79 Å². The molecule has 0 aliphatic carbocycles. The molecule has 27 heavy (non-hydrogen) atoms. The van der Waals surface area contributed by atoms with Crippen LogP contribution in [-0.4, -0.2) is 25.3 Å². The van der Waals surface area contributed by atoms with Crippen LogP contribution < -0.4 is 14.8 Å². The third kappa shape index (κ3) is 4.67. The van der Waals surface area contributed by atoms with Crippen LogP contribution in [0.3, 0.4) is 0 Å². The Labute approximate surface area is 158 Å². The first-order valence-corrected chi connectivity index (χ1v) is 8.59. The van der Waals surface area contributed by atoms with Gasteiger partial charge in [-0.1, -0.05) is 41.1 Å². The fourth-order valence-electron chi connectivity index (χ4n) is 2.68. The summed E-state index contributed by atoms with van der Waals surface area (Å²) in [5.41, 5.74) is 3.65. The molecule has 6 nitrogen and oxygen atoms in total. The number of aromatic nitrogens is 1. The van der Waals surface area contributed by atoms with Crippen LogP contribution in [0, 0.1) is 6.92 Å². The summed E-state index contributed by atoms with van der Waals surface area (Å²) in [4.78, 5) is 12.2. The quantitative estimate of drug-likeness (QED) is 0.692. The minimum absolute atomic E-state index is 0.109. The molecule has 0 radical (unpaired) electrons. The second kappa shape index (κ2) is 8.40. The topological polar surface area (TPSA) is 73.6 Å². The van der Waals surface area contributed by atoms with Crippen LogP contribution in [-0.2, 0) is 17.8 Å². The van der Waals surface area contributed by atoms with E-state index in [4.69, 9.17) is 14.0 Å². The van der Waals surface area contributed by atoms with Gasteiger partial charge in [0.2, 0.25) is 5.91 Å². The van der Waals surface area contributed by atoms with Crippen molar-refractivity contribution in [1.29, 1.82) is 0 Å². The average Bonchev–Trinajstić information content (AvgIpc) is 3.16. The van der Waals surface area contributed by atoms with Crippen LogP contribution in [0.1, 0.15) is 16.8 Å². The number of carbonyl (C=O) groups excluding carboxylic acids is 1. The molecule has 6 heteroatoms. The average molecular weight is 366 g/mol. The third-order valence-corrected chi connectivity index (χ3v) is 4.17. The Hall–Kier alpha value is -3.28. The zero-order valence-corrected chi connectivity index (χ0v) is 15.6. The van der Waals surface area contributed by atoms with Crippen molar-refractivity contribution in [2.75, 3.05) is 14.2 Å². The Kier molecular flexibility index (Phi) is 5.76. The van der Waals surface area contributed by atoms with Crippen molar-refractivity contribution in [3.8, 4) is 22.8 Å². The Bertz CT molecular complexity index is 916. The van der Waals surface area contributed by atoms with E-state index in [-0.39, 0.29) is 12.3 Å². The summed E-state index contributed by atoms with van der Waals surface area (Å²) >= 11 is 0. The van der Waals surface area contributed by atoms with Gasteiger partial charge in [-0.25, -0.2) is 0 Å². The van der Waals surface area contributed by atoms with E-state index in [2.05, 4.69) is 10.5 Å². The van der Waals surface area contributed by atoms with Gasteiger partial charge in [0.05, 0.1) is 27.2 Å². The SMILES string of the molecule is COc1ccc(CC(=O)NCc2cc(-c3ccc(C)cc3)on2)cc1OC. The van der Waals surface area contributed by atoms with Crippen molar-refractivity contribution in [2.24, 2.45) is 0 Å².